The van der Waals surface area contributed by atoms with Crippen LogP contribution in [0.4, 0.5) is 19.0 Å². The Bertz CT molecular complexity index is 602. The van der Waals surface area contributed by atoms with Crippen LogP contribution in [0.2, 0.25) is 0 Å². The van der Waals surface area contributed by atoms with Crippen molar-refractivity contribution in [3.8, 4) is 5.75 Å². The number of carbonyl (C=O) groups is 1. The molecule has 1 aromatic heterocycles. The molecule has 0 spiro atoms. The zero-order valence-electron chi connectivity index (χ0n) is 9.89. The van der Waals surface area contributed by atoms with Crippen LogP contribution in [0.5, 0.6) is 5.75 Å². The highest BCUT2D eigenvalue weighted by molar-refractivity contribution is 6.03. The van der Waals surface area contributed by atoms with Crippen molar-refractivity contribution in [2.75, 3.05) is 5.32 Å². The van der Waals surface area contributed by atoms with Crippen LogP contribution >= 0.6 is 0 Å². The minimum absolute atomic E-state index is 0.0115. The molecule has 0 aliphatic heterocycles. The maximum Gasteiger partial charge on any atom is 0.573 e. The van der Waals surface area contributed by atoms with Gasteiger partial charge in [0.05, 0.1) is 6.20 Å². The van der Waals surface area contributed by atoms with Gasteiger partial charge in [0.1, 0.15) is 5.75 Å². The first kappa shape index (κ1) is 13.8. The number of anilines is 1. The number of amides is 1. The SMILES string of the molecule is O=C(Nc1cnccn1)c1cccc(OC(F)(F)F)c1. The molecule has 0 aliphatic rings. The highest BCUT2D eigenvalue weighted by atomic mass is 19.4. The van der Waals surface area contributed by atoms with Crippen LogP contribution < -0.4 is 10.1 Å². The summed E-state index contributed by atoms with van der Waals surface area (Å²) in [5.74, 6) is -0.887. The lowest BCUT2D eigenvalue weighted by Gasteiger charge is -2.10. The summed E-state index contributed by atoms with van der Waals surface area (Å²) in [6.45, 7) is 0. The van der Waals surface area contributed by atoms with Crippen molar-refractivity contribution < 1.29 is 22.7 Å². The molecule has 1 heterocycles. The predicted octanol–water partition coefficient (Wildman–Crippen LogP) is 2.63. The van der Waals surface area contributed by atoms with Crippen LogP contribution in [0.15, 0.2) is 42.9 Å². The Kier molecular flexibility index (Phi) is 3.83. The fourth-order valence-corrected chi connectivity index (χ4v) is 1.39. The van der Waals surface area contributed by atoms with Crippen molar-refractivity contribution in [2.24, 2.45) is 0 Å². The van der Waals surface area contributed by atoms with E-state index in [1.165, 1.54) is 30.7 Å². The summed E-state index contributed by atoms with van der Waals surface area (Å²) in [7, 11) is 0. The molecule has 0 saturated heterocycles. The van der Waals surface area contributed by atoms with E-state index in [-0.39, 0.29) is 11.4 Å². The Morgan fingerprint density at radius 1 is 1.25 bits per heavy atom. The highest BCUT2D eigenvalue weighted by Gasteiger charge is 2.31. The number of nitrogens with one attached hydrogen (secondary N) is 1. The van der Waals surface area contributed by atoms with Gasteiger partial charge in [-0.2, -0.15) is 0 Å². The molecule has 1 N–H and O–H groups in total. The minimum Gasteiger partial charge on any atom is -0.406 e. The van der Waals surface area contributed by atoms with Crippen LogP contribution in [0.3, 0.4) is 0 Å². The van der Waals surface area contributed by atoms with Crippen molar-refractivity contribution >= 4 is 11.7 Å². The zero-order valence-corrected chi connectivity index (χ0v) is 9.89. The van der Waals surface area contributed by atoms with Crippen LogP contribution in [0.25, 0.3) is 0 Å². The van der Waals surface area contributed by atoms with Gasteiger partial charge in [0.15, 0.2) is 5.82 Å². The van der Waals surface area contributed by atoms with E-state index in [0.29, 0.717) is 0 Å². The molecule has 20 heavy (non-hydrogen) atoms. The highest BCUT2D eigenvalue weighted by Crippen LogP contribution is 2.23. The summed E-state index contributed by atoms with van der Waals surface area (Å²) in [4.78, 5) is 19.4. The van der Waals surface area contributed by atoms with E-state index < -0.39 is 18.0 Å². The van der Waals surface area contributed by atoms with Gasteiger partial charge < -0.3 is 10.1 Å². The van der Waals surface area contributed by atoms with Crippen molar-refractivity contribution in [2.45, 2.75) is 6.36 Å². The molecule has 5 nitrogen and oxygen atoms in total. The largest absolute Gasteiger partial charge is 0.573 e. The lowest BCUT2D eigenvalue weighted by molar-refractivity contribution is -0.274. The summed E-state index contributed by atoms with van der Waals surface area (Å²) in [5.41, 5.74) is 0.0115. The van der Waals surface area contributed by atoms with Crippen LogP contribution in [-0.4, -0.2) is 22.2 Å². The minimum atomic E-state index is -4.81. The van der Waals surface area contributed by atoms with Gasteiger partial charge in [-0.3, -0.25) is 9.78 Å². The van der Waals surface area contributed by atoms with E-state index in [1.807, 2.05) is 0 Å². The van der Waals surface area contributed by atoms with E-state index in [9.17, 15) is 18.0 Å². The second kappa shape index (κ2) is 5.55. The summed E-state index contributed by atoms with van der Waals surface area (Å²) < 4.78 is 40.0. The summed E-state index contributed by atoms with van der Waals surface area (Å²) in [5, 5.41) is 2.40. The van der Waals surface area contributed by atoms with Gasteiger partial charge in [0.2, 0.25) is 0 Å². The average Bonchev–Trinajstić information content (AvgIpc) is 2.38. The zero-order chi connectivity index (χ0) is 14.6. The van der Waals surface area contributed by atoms with Gasteiger partial charge in [-0.15, -0.1) is 13.2 Å². The predicted molar refractivity (Wildman–Crippen MR) is 63.1 cm³/mol. The Morgan fingerprint density at radius 3 is 2.70 bits per heavy atom. The van der Waals surface area contributed by atoms with E-state index in [0.717, 1.165) is 12.1 Å². The number of carbonyl (C=O) groups excluding carboxylic acids is 1. The monoisotopic (exact) mass is 283 g/mol. The van der Waals surface area contributed by atoms with Gasteiger partial charge in [-0.1, -0.05) is 6.07 Å². The number of ether oxygens (including phenoxy) is 1. The summed E-state index contributed by atoms with van der Waals surface area (Å²) >= 11 is 0. The standard InChI is InChI=1S/C12H8F3N3O2/c13-12(14,15)20-9-3-1-2-8(6-9)11(19)18-10-7-16-4-5-17-10/h1-7H,(H,17,18,19). The molecular formula is C12H8F3N3O2. The van der Waals surface area contributed by atoms with Gasteiger partial charge in [0.25, 0.3) is 5.91 Å². The molecule has 0 unspecified atom stereocenters. The van der Waals surface area contributed by atoms with Crippen LogP contribution in [0.1, 0.15) is 10.4 Å². The molecule has 0 saturated carbocycles. The number of halogens is 3. The molecule has 0 aliphatic carbocycles. The third-order valence-electron chi connectivity index (χ3n) is 2.13. The molecule has 8 heteroatoms. The maximum absolute atomic E-state index is 12.1. The Morgan fingerprint density at radius 2 is 2.05 bits per heavy atom. The third-order valence-corrected chi connectivity index (χ3v) is 2.13. The number of rotatable bonds is 3. The van der Waals surface area contributed by atoms with E-state index in [4.69, 9.17) is 0 Å². The number of hydrogen-bond acceptors (Lipinski definition) is 4. The van der Waals surface area contributed by atoms with Gasteiger partial charge in [-0.25, -0.2) is 4.98 Å². The molecule has 2 aromatic rings. The van der Waals surface area contributed by atoms with Crippen molar-refractivity contribution in [3.05, 3.63) is 48.4 Å². The van der Waals surface area contributed by atoms with Gasteiger partial charge in [0, 0.05) is 18.0 Å². The number of nitrogens with zero attached hydrogens (tertiary/aromatic N) is 2. The van der Waals surface area contributed by atoms with E-state index in [1.54, 1.807) is 0 Å². The lowest BCUT2D eigenvalue weighted by atomic mass is 10.2. The molecule has 0 atom stereocenters. The summed E-state index contributed by atoms with van der Waals surface area (Å²) in [6, 6.07) is 4.73. The van der Waals surface area contributed by atoms with E-state index in [2.05, 4.69) is 20.0 Å². The number of alkyl halides is 3. The normalized spacial score (nSPS) is 10.9. The second-order valence-corrected chi connectivity index (χ2v) is 3.62. The molecule has 1 aromatic carbocycles. The maximum atomic E-state index is 12.1. The number of hydrogen-bond donors (Lipinski definition) is 1. The fraction of sp³-hybridized carbons (Fsp3) is 0.0833. The third kappa shape index (κ3) is 3.94. The fourth-order valence-electron chi connectivity index (χ4n) is 1.39. The van der Waals surface area contributed by atoms with Gasteiger partial charge in [-0.05, 0) is 18.2 Å². The second-order valence-electron chi connectivity index (χ2n) is 3.62. The Hall–Kier alpha value is -2.64. The van der Waals surface area contributed by atoms with Crippen molar-refractivity contribution in [1.82, 2.24) is 9.97 Å². The molecule has 104 valence electrons. The molecule has 0 bridgehead atoms. The number of aromatic nitrogens is 2. The topological polar surface area (TPSA) is 64.1 Å². The number of benzene rings is 1. The quantitative estimate of drug-likeness (QED) is 0.940. The van der Waals surface area contributed by atoms with Crippen LogP contribution in [0, 0.1) is 0 Å². The molecule has 2 rings (SSSR count). The molecular weight excluding hydrogens is 275 g/mol. The molecule has 1 amide bonds. The first-order valence-corrected chi connectivity index (χ1v) is 5.37. The first-order chi connectivity index (χ1) is 9.44. The van der Waals surface area contributed by atoms with Crippen LogP contribution in [-0.2, 0) is 0 Å². The first-order valence-electron chi connectivity index (χ1n) is 5.37. The Balaban J connectivity index is 2.12. The van der Waals surface area contributed by atoms with Gasteiger partial charge >= 0.3 is 6.36 Å². The smallest absolute Gasteiger partial charge is 0.406 e. The molecule has 0 radical (unpaired) electrons. The Labute approximate surface area is 111 Å². The summed E-state index contributed by atoms with van der Waals surface area (Å²) in [6.07, 6.45) is -0.694. The van der Waals surface area contributed by atoms with Crippen molar-refractivity contribution in [3.63, 3.8) is 0 Å². The van der Waals surface area contributed by atoms with E-state index >= 15 is 0 Å². The van der Waals surface area contributed by atoms with Crippen molar-refractivity contribution in [1.29, 1.82) is 0 Å². The molecule has 0 fully saturated rings. The average molecular weight is 283 g/mol. The lowest BCUT2D eigenvalue weighted by Crippen LogP contribution is -2.18.